The van der Waals surface area contributed by atoms with E-state index in [1.54, 1.807) is 5.57 Å². The van der Waals surface area contributed by atoms with Crippen molar-refractivity contribution in [1.82, 2.24) is 5.32 Å². The number of amides is 1. The van der Waals surface area contributed by atoms with Crippen LogP contribution in [-0.4, -0.2) is 35.6 Å². The van der Waals surface area contributed by atoms with Crippen LogP contribution in [0.5, 0.6) is 0 Å². The monoisotopic (exact) mass is 744 g/mol. The number of carbonyl (C=O) groups excluding carboxylic acids is 2. The molecule has 2 N–H and O–H groups in total. The van der Waals surface area contributed by atoms with Crippen LogP contribution in [0.25, 0.3) is 0 Å². The van der Waals surface area contributed by atoms with Crippen molar-refractivity contribution in [1.29, 1.82) is 0 Å². The standard InChI is InChI=1S/C48H73NO5/c1-43(2)28-30-48(42(53)49-32-18-13-11-9-8-10-12-17-21-40(50)51)31-29-46(6)35(36(48)33-43)22-23-38-45(5)26-25-39(54-41(52)34-19-15-14-16-20-34)44(3,4)37(45)24-27-47(38,46)7/h14-16,19-20,22,36-39H,8-13,17-18,21,23-33H2,1-7H3,(H,49,53)(H,50,51)/t36-,37-,38+,39-,45-,46+,47+,48-/m0/s1. The third kappa shape index (κ3) is 7.47. The summed E-state index contributed by atoms with van der Waals surface area (Å²) in [6.07, 6.45) is 22.2. The highest BCUT2D eigenvalue weighted by atomic mass is 16.5. The van der Waals surface area contributed by atoms with Crippen LogP contribution in [0, 0.1) is 50.2 Å². The number of hydrogen-bond acceptors (Lipinski definition) is 4. The molecule has 1 aromatic carbocycles. The largest absolute Gasteiger partial charge is 0.481 e. The molecule has 0 radical (unpaired) electrons. The first-order chi connectivity index (χ1) is 25.5. The second-order valence-corrected chi connectivity index (χ2v) is 20.7. The Hall–Kier alpha value is -2.63. The van der Waals surface area contributed by atoms with Crippen LogP contribution in [0.4, 0.5) is 0 Å². The van der Waals surface area contributed by atoms with Gasteiger partial charge < -0.3 is 15.2 Å². The molecule has 300 valence electrons. The Labute approximate surface area is 327 Å². The normalized spacial score (nSPS) is 36.3. The minimum Gasteiger partial charge on any atom is -0.481 e. The summed E-state index contributed by atoms with van der Waals surface area (Å²) in [5.41, 5.74) is 2.46. The van der Waals surface area contributed by atoms with E-state index in [1.807, 2.05) is 30.3 Å². The van der Waals surface area contributed by atoms with E-state index < -0.39 is 5.97 Å². The molecule has 1 aromatic rings. The quantitative estimate of drug-likeness (QED) is 0.112. The van der Waals surface area contributed by atoms with Gasteiger partial charge in [0.05, 0.1) is 11.0 Å². The van der Waals surface area contributed by atoms with Gasteiger partial charge in [0.25, 0.3) is 0 Å². The van der Waals surface area contributed by atoms with Crippen LogP contribution in [0.3, 0.4) is 0 Å². The Morgan fingerprint density at radius 2 is 1.41 bits per heavy atom. The van der Waals surface area contributed by atoms with E-state index in [0.29, 0.717) is 29.2 Å². The summed E-state index contributed by atoms with van der Waals surface area (Å²) in [6, 6.07) is 9.47. The number of nitrogens with one attached hydrogen (secondary N) is 1. The first-order valence-corrected chi connectivity index (χ1v) is 22.0. The van der Waals surface area contributed by atoms with Crippen LogP contribution >= 0.6 is 0 Å². The molecule has 6 heteroatoms. The van der Waals surface area contributed by atoms with Crippen molar-refractivity contribution in [2.45, 2.75) is 177 Å². The third-order valence-corrected chi connectivity index (χ3v) is 16.9. The molecule has 0 heterocycles. The average molecular weight is 744 g/mol. The molecule has 0 aromatic heterocycles. The fourth-order valence-corrected chi connectivity index (χ4v) is 13.4. The molecule has 4 saturated carbocycles. The highest BCUT2D eigenvalue weighted by Gasteiger charge is 2.69. The van der Waals surface area contributed by atoms with Crippen molar-refractivity contribution >= 4 is 17.8 Å². The number of unbranched alkanes of at least 4 members (excludes halogenated alkanes) is 7. The number of carboxylic acids is 1. The fourth-order valence-electron chi connectivity index (χ4n) is 13.4. The zero-order valence-electron chi connectivity index (χ0n) is 35.0. The Balaban J connectivity index is 1.13. The van der Waals surface area contributed by atoms with Crippen molar-refractivity contribution in [3.8, 4) is 0 Å². The van der Waals surface area contributed by atoms with E-state index in [-0.39, 0.29) is 51.0 Å². The van der Waals surface area contributed by atoms with Crippen molar-refractivity contribution in [3.63, 3.8) is 0 Å². The Bertz CT molecular complexity index is 1550. The molecule has 8 atom stereocenters. The number of allylic oxidation sites excluding steroid dienone is 2. The number of carbonyl (C=O) groups is 3. The Morgan fingerprint density at radius 3 is 2.09 bits per heavy atom. The predicted molar refractivity (Wildman–Crippen MR) is 217 cm³/mol. The molecule has 6 rings (SSSR count). The number of esters is 1. The van der Waals surface area contributed by atoms with Crippen LogP contribution in [-0.2, 0) is 14.3 Å². The van der Waals surface area contributed by atoms with Gasteiger partial charge in [0.2, 0.25) is 5.91 Å². The second-order valence-electron chi connectivity index (χ2n) is 20.7. The van der Waals surface area contributed by atoms with Gasteiger partial charge in [-0.1, -0.05) is 117 Å². The summed E-state index contributed by atoms with van der Waals surface area (Å²) < 4.78 is 6.34. The Kier molecular flexibility index (Phi) is 11.9. The van der Waals surface area contributed by atoms with Gasteiger partial charge in [-0.2, -0.15) is 0 Å². The van der Waals surface area contributed by atoms with Gasteiger partial charge >= 0.3 is 11.9 Å². The zero-order chi connectivity index (χ0) is 39.0. The fraction of sp³-hybridized carbons (Fsp3) is 0.771. The maximum absolute atomic E-state index is 14.5. The SMILES string of the molecule is CC1(C)CC[C@]2(C(=O)NCCCCCCCCCCC(=O)O)CC[C@]3(C)C(=CC[C@@H]4[C@@]5(C)CC[C@H](OC(=O)c6ccccc6)C(C)(C)[C@@H]5CC[C@]43C)[C@@H]2C1. The highest BCUT2D eigenvalue weighted by molar-refractivity contribution is 5.89. The lowest BCUT2D eigenvalue weighted by Gasteiger charge is -2.71. The number of fused-ring (bicyclic) bond motifs is 7. The molecule has 0 saturated heterocycles. The van der Waals surface area contributed by atoms with E-state index in [9.17, 15) is 14.4 Å². The second kappa shape index (κ2) is 15.7. The molecule has 0 spiro atoms. The van der Waals surface area contributed by atoms with Gasteiger partial charge in [0.1, 0.15) is 6.10 Å². The van der Waals surface area contributed by atoms with Crippen molar-refractivity contribution in [2.24, 2.45) is 50.2 Å². The van der Waals surface area contributed by atoms with Gasteiger partial charge in [-0.25, -0.2) is 4.79 Å². The van der Waals surface area contributed by atoms with Gasteiger partial charge in [-0.3, -0.25) is 9.59 Å². The lowest BCUT2D eigenvalue weighted by molar-refractivity contribution is -0.204. The van der Waals surface area contributed by atoms with E-state index in [1.165, 1.54) is 25.7 Å². The third-order valence-electron chi connectivity index (χ3n) is 16.9. The van der Waals surface area contributed by atoms with Gasteiger partial charge in [0, 0.05) is 18.4 Å². The molecule has 5 aliphatic carbocycles. The van der Waals surface area contributed by atoms with Crippen LogP contribution in [0.15, 0.2) is 42.0 Å². The average Bonchev–Trinajstić information content (AvgIpc) is 3.12. The molecule has 0 bridgehead atoms. The van der Waals surface area contributed by atoms with Crippen LogP contribution in [0.1, 0.15) is 181 Å². The maximum atomic E-state index is 14.5. The lowest BCUT2D eigenvalue weighted by Crippen LogP contribution is -2.65. The van der Waals surface area contributed by atoms with E-state index in [4.69, 9.17) is 9.84 Å². The Morgan fingerprint density at radius 1 is 0.759 bits per heavy atom. The smallest absolute Gasteiger partial charge is 0.338 e. The summed E-state index contributed by atoms with van der Waals surface area (Å²) in [5.74, 6) is 0.771. The molecular weight excluding hydrogens is 671 g/mol. The highest BCUT2D eigenvalue weighted by Crippen LogP contribution is 2.76. The molecule has 6 nitrogen and oxygen atoms in total. The van der Waals surface area contributed by atoms with Crippen LogP contribution < -0.4 is 5.32 Å². The molecule has 4 fully saturated rings. The van der Waals surface area contributed by atoms with Gasteiger partial charge in [-0.15, -0.1) is 0 Å². The predicted octanol–water partition coefficient (Wildman–Crippen LogP) is 11.7. The van der Waals surface area contributed by atoms with Crippen LogP contribution in [0.2, 0.25) is 0 Å². The molecule has 54 heavy (non-hydrogen) atoms. The maximum Gasteiger partial charge on any atom is 0.338 e. The number of hydrogen-bond donors (Lipinski definition) is 2. The van der Waals surface area contributed by atoms with Gasteiger partial charge in [-0.05, 0) is 129 Å². The summed E-state index contributed by atoms with van der Waals surface area (Å²) in [4.78, 5) is 38.4. The van der Waals surface area contributed by atoms with E-state index in [0.717, 1.165) is 96.4 Å². The molecule has 1 amide bonds. The number of carboxylic acid groups (broad SMARTS) is 1. The van der Waals surface area contributed by atoms with Gasteiger partial charge in [0.15, 0.2) is 0 Å². The number of benzene rings is 1. The van der Waals surface area contributed by atoms with Crippen molar-refractivity contribution < 1.29 is 24.2 Å². The summed E-state index contributed by atoms with van der Waals surface area (Å²) >= 11 is 0. The van der Waals surface area contributed by atoms with Crippen molar-refractivity contribution in [3.05, 3.63) is 47.5 Å². The number of rotatable bonds is 14. The summed E-state index contributed by atoms with van der Waals surface area (Å²) in [6.45, 7) is 18.2. The molecular formula is C48H73NO5. The number of aliphatic carboxylic acids is 1. The topological polar surface area (TPSA) is 92.7 Å². The summed E-state index contributed by atoms with van der Waals surface area (Å²) in [7, 11) is 0. The lowest BCUT2D eigenvalue weighted by atomic mass is 9.33. The van der Waals surface area contributed by atoms with Crippen molar-refractivity contribution in [2.75, 3.05) is 6.54 Å². The first-order valence-electron chi connectivity index (χ1n) is 22.0. The summed E-state index contributed by atoms with van der Waals surface area (Å²) in [5, 5.41) is 12.3. The molecule has 0 unspecified atom stereocenters. The minimum atomic E-state index is -0.693. The minimum absolute atomic E-state index is 0.0696. The number of ether oxygens (including phenoxy) is 1. The van der Waals surface area contributed by atoms with E-state index in [2.05, 4.69) is 59.9 Å². The molecule has 0 aliphatic heterocycles. The van der Waals surface area contributed by atoms with E-state index >= 15 is 0 Å². The first kappa shape index (κ1) is 41.0. The zero-order valence-corrected chi connectivity index (χ0v) is 35.0. The molecule has 5 aliphatic rings.